The van der Waals surface area contributed by atoms with Gasteiger partial charge in [-0.3, -0.25) is 0 Å². The maximum atomic E-state index is 12.2. The molecule has 0 saturated heterocycles. The number of carboxylic acid groups (broad SMARTS) is 1. The van der Waals surface area contributed by atoms with Crippen molar-refractivity contribution in [2.24, 2.45) is 0 Å². The van der Waals surface area contributed by atoms with Gasteiger partial charge in [-0.1, -0.05) is 48.5 Å². The van der Waals surface area contributed by atoms with Crippen LogP contribution in [0.2, 0.25) is 0 Å². The van der Waals surface area contributed by atoms with Crippen molar-refractivity contribution in [1.82, 2.24) is 10.3 Å². The average Bonchev–Trinajstić information content (AvgIpc) is 3.05. The molecule has 1 aliphatic carbocycles. The van der Waals surface area contributed by atoms with E-state index in [-0.39, 0.29) is 24.8 Å². The van der Waals surface area contributed by atoms with Crippen molar-refractivity contribution in [2.45, 2.75) is 12.5 Å². The molecule has 1 heterocycles. The number of carbonyl (C=O) groups is 2. The monoisotopic (exact) mass is 374 g/mol. The SMILES string of the molecule is O=C(NCc1ccnc(C(=O)O)c1)OCC1c2ccccc2-c2ccccc21. The van der Waals surface area contributed by atoms with Gasteiger partial charge in [0.05, 0.1) is 0 Å². The van der Waals surface area contributed by atoms with E-state index in [1.807, 2.05) is 24.3 Å². The van der Waals surface area contributed by atoms with Gasteiger partial charge in [-0.05, 0) is 39.9 Å². The van der Waals surface area contributed by atoms with E-state index in [4.69, 9.17) is 9.84 Å². The van der Waals surface area contributed by atoms with Gasteiger partial charge in [-0.25, -0.2) is 14.6 Å². The number of fused-ring (bicyclic) bond motifs is 3. The van der Waals surface area contributed by atoms with Crippen molar-refractivity contribution in [3.05, 3.63) is 89.2 Å². The minimum Gasteiger partial charge on any atom is -0.477 e. The summed E-state index contributed by atoms with van der Waals surface area (Å²) < 4.78 is 5.46. The number of amides is 1. The summed E-state index contributed by atoms with van der Waals surface area (Å²) in [5, 5.41) is 11.6. The van der Waals surface area contributed by atoms with Crippen LogP contribution in [0.1, 0.15) is 33.1 Å². The Morgan fingerprint density at radius 3 is 2.29 bits per heavy atom. The van der Waals surface area contributed by atoms with Crippen LogP contribution in [0.25, 0.3) is 11.1 Å². The number of hydrogen-bond donors (Lipinski definition) is 2. The average molecular weight is 374 g/mol. The molecule has 1 amide bonds. The molecule has 3 aromatic rings. The molecule has 28 heavy (non-hydrogen) atoms. The number of pyridine rings is 1. The third-order valence-electron chi connectivity index (χ3n) is 4.82. The highest BCUT2D eigenvalue weighted by molar-refractivity contribution is 5.85. The standard InChI is InChI=1S/C22H18N2O4/c25-21(26)20-11-14(9-10-23-20)12-24-22(27)28-13-19-17-7-3-1-5-15(17)16-6-2-4-8-18(16)19/h1-11,19H,12-13H2,(H,24,27)(H,25,26). The summed E-state index contributed by atoms with van der Waals surface area (Å²) in [6.07, 6.45) is 0.855. The van der Waals surface area contributed by atoms with Gasteiger partial charge in [0.15, 0.2) is 0 Å². The lowest BCUT2D eigenvalue weighted by molar-refractivity contribution is 0.0690. The molecule has 140 valence electrons. The van der Waals surface area contributed by atoms with E-state index in [9.17, 15) is 9.59 Å². The van der Waals surface area contributed by atoms with Gasteiger partial charge >= 0.3 is 12.1 Å². The summed E-state index contributed by atoms with van der Waals surface area (Å²) in [7, 11) is 0. The molecule has 0 spiro atoms. The summed E-state index contributed by atoms with van der Waals surface area (Å²) in [6, 6.07) is 19.3. The molecule has 6 nitrogen and oxygen atoms in total. The van der Waals surface area contributed by atoms with E-state index in [0.717, 1.165) is 11.1 Å². The number of aromatic carboxylic acids is 1. The highest BCUT2D eigenvalue weighted by Crippen LogP contribution is 2.44. The van der Waals surface area contributed by atoms with E-state index in [0.29, 0.717) is 5.56 Å². The lowest BCUT2D eigenvalue weighted by Gasteiger charge is -2.14. The van der Waals surface area contributed by atoms with Crippen LogP contribution < -0.4 is 5.32 Å². The van der Waals surface area contributed by atoms with Gasteiger partial charge < -0.3 is 15.2 Å². The number of carbonyl (C=O) groups excluding carboxylic acids is 1. The molecule has 6 heteroatoms. The Kier molecular flexibility index (Phi) is 4.76. The van der Waals surface area contributed by atoms with Crippen molar-refractivity contribution in [2.75, 3.05) is 6.61 Å². The van der Waals surface area contributed by atoms with Gasteiger partial charge in [0.25, 0.3) is 0 Å². The van der Waals surface area contributed by atoms with Crippen LogP contribution >= 0.6 is 0 Å². The second-order valence-electron chi connectivity index (χ2n) is 6.53. The Hall–Kier alpha value is -3.67. The first-order valence-corrected chi connectivity index (χ1v) is 8.90. The Morgan fingerprint density at radius 1 is 1.00 bits per heavy atom. The largest absolute Gasteiger partial charge is 0.477 e. The highest BCUT2D eigenvalue weighted by atomic mass is 16.5. The Labute approximate surface area is 161 Å². The highest BCUT2D eigenvalue weighted by Gasteiger charge is 2.28. The number of nitrogens with one attached hydrogen (secondary N) is 1. The van der Waals surface area contributed by atoms with Gasteiger partial charge in [0.2, 0.25) is 0 Å². The Morgan fingerprint density at radius 2 is 1.64 bits per heavy atom. The molecule has 1 aliphatic rings. The molecular formula is C22H18N2O4. The van der Waals surface area contributed by atoms with E-state index in [1.54, 1.807) is 6.07 Å². The minimum atomic E-state index is -1.11. The maximum absolute atomic E-state index is 12.2. The van der Waals surface area contributed by atoms with Crippen LogP contribution in [-0.4, -0.2) is 28.8 Å². The molecule has 2 aromatic carbocycles. The number of hydrogen-bond acceptors (Lipinski definition) is 4. The van der Waals surface area contributed by atoms with Gasteiger partial charge in [-0.2, -0.15) is 0 Å². The molecule has 1 aromatic heterocycles. The fraction of sp³-hybridized carbons (Fsp3) is 0.136. The lowest BCUT2D eigenvalue weighted by atomic mass is 9.98. The Bertz CT molecular complexity index is 1000. The smallest absolute Gasteiger partial charge is 0.407 e. The van der Waals surface area contributed by atoms with Crippen LogP contribution in [0, 0.1) is 0 Å². The van der Waals surface area contributed by atoms with Gasteiger partial charge in [-0.15, -0.1) is 0 Å². The number of ether oxygens (including phenoxy) is 1. The molecule has 2 N–H and O–H groups in total. The first-order chi connectivity index (χ1) is 13.6. The number of nitrogens with zero attached hydrogens (tertiary/aromatic N) is 1. The van der Waals surface area contributed by atoms with Crippen molar-refractivity contribution in [1.29, 1.82) is 0 Å². The van der Waals surface area contributed by atoms with Gasteiger partial charge in [0.1, 0.15) is 12.3 Å². The molecule has 0 aliphatic heterocycles. The molecule has 0 unspecified atom stereocenters. The van der Waals surface area contributed by atoms with Crippen LogP contribution in [-0.2, 0) is 11.3 Å². The fourth-order valence-corrected chi connectivity index (χ4v) is 3.52. The van der Waals surface area contributed by atoms with E-state index < -0.39 is 12.1 Å². The number of aromatic nitrogens is 1. The minimum absolute atomic E-state index is 0.00214. The summed E-state index contributed by atoms with van der Waals surface area (Å²) >= 11 is 0. The van der Waals surface area contributed by atoms with Crippen LogP contribution in [0.3, 0.4) is 0 Å². The first kappa shape index (κ1) is 17.7. The quantitative estimate of drug-likeness (QED) is 0.709. The molecular weight excluding hydrogens is 356 g/mol. The summed E-state index contributed by atoms with van der Waals surface area (Å²) in [6.45, 7) is 0.399. The first-order valence-electron chi connectivity index (χ1n) is 8.90. The van der Waals surface area contributed by atoms with Crippen molar-refractivity contribution >= 4 is 12.1 Å². The third-order valence-corrected chi connectivity index (χ3v) is 4.82. The van der Waals surface area contributed by atoms with Crippen molar-refractivity contribution < 1.29 is 19.4 Å². The summed E-state index contributed by atoms with van der Waals surface area (Å²) in [5.74, 6) is -1.11. The van der Waals surface area contributed by atoms with E-state index in [1.165, 1.54) is 23.4 Å². The number of alkyl carbamates (subject to hydrolysis) is 1. The zero-order valence-electron chi connectivity index (χ0n) is 15.0. The second kappa shape index (κ2) is 7.52. The summed E-state index contributed by atoms with van der Waals surface area (Å²) in [4.78, 5) is 26.9. The van der Waals surface area contributed by atoms with E-state index >= 15 is 0 Å². The molecule has 0 saturated carbocycles. The number of carboxylic acids is 1. The summed E-state index contributed by atoms with van der Waals surface area (Å²) in [5.41, 5.74) is 5.22. The topological polar surface area (TPSA) is 88.5 Å². The Balaban J connectivity index is 1.40. The molecule has 0 atom stereocenters. The number of rotatable bonds is 5. The zero-order chi connectivity index (χ0) is 19.5. The van der Waals surface area contributed by atoms with Crippen LogP contribution in [0.15, 0.2) is 66.9 Å². The molecule has 0 radical (unpaired) electrons. The molecule has 0 fully saturated rings. The van der Waals surface area contributed by atoms with Gasteiger partial charge in [0, 0.05) is 18.7 Å². The predicted octanol–water partition coefficient (Wildman–Crippen LogP) is 3.82. The van der Waals surface area contributed by atoms with Crippen molar-refractivity contribution in [3.8, 4) is 11.1 Å². The van der Waals surface area contributed by atoms with Crippen LogP contribution in [0.5, 0.6) is 0 Å². The van der Waals surface area contributed by atoms with E-state index in [2.05, 4.69) is 34.6 Å². The molecule has 4 rings (SSSR count). The zero-order valence-corrected chi connectivity index (χ0v) is 15.0. The number of benzene rings is 2. The van der Waals surface area contributed by atoms with Crippen LogP contribution in [0.4, 0.5) is 4.79 Å². The third kappa shape index (κ3) is 3.44. The maximum Gasteiger partial charge on any atom is 0.407 e. The molecule has 0 bridgehead atoms. The predicted molar refractivity (Wildman–Crippen MR) is 103 cm³/mol. The normalized spacial score (nSPS) is 12.1. The fourth-order valence-electron chi connectivity index (χ4n) is 3.52. The second-order valence-corrected chi connectivity index (χ2v) is 6.53. The lowest BCUT2D eigenvalue weighted by Crippen LogP contribution is -2.25. The van der Waals surface area contributed by atoms with Crippen molar-refractivity contribution in [3.63, 3.8) is 0 Å².